The van der Waals surface area contributed by atoms with Gasteiger partial charge >= 0.3 is 0 Å². The minimum Gasteiger partial charge on any atom is -0.488 e. The lowest BCUT2D eigenvalue weighted by Crippen LogP contribution is -2.09. The number of nitrogens with one attached hydrogen (secondary N) is 1. The van der Waals surface area contributed by atoms with Crippen LogP contribution in [0.4, 0.5) is 15.8 Å². The zero-order chi connectivity index (χ0) is 14.7. The van der Waals surface area contributed by atoms with E-state index in [2.05, 4.69) is 10.5 Å². The van der Waals surface area contributed by atoms with E-state index >= 15 is 0 Å². The van der Waals surface area contributed by atoms with Crippen LogP contribution < -0.4 is 15.8 Å². The first-order chi connectivity index (χ1) is 9.45. The summed E-state index contributed by atoms with van der Waals surface area (Å²) >= 11 is 0. The van der Waals surface area contributed by atoms with E-state index in [1.165, 1.54) is 6.07 Å². The van der Waals surface area contributed by atoms with Gasteiger partial charge in [0.2, 0.25) is 0 Å². The molecular weight excluding hydrogens is 261 g/mol. The molecule has 0 atom stereocenters. The average Bonchev–Trinajstić information content (AvgIpc) is 2.76. The van der Waals surface area contributed by atoms with E-state index in [1.54, 1.807) is 6.07 Å². The van der Waals surface area contributed by atoms with Gasteiger partial charge in [-0.15, -0.1) is 0 Å². The Kier molecular flexibility index (Phi) is 4.12. The van der Waals surface area contributed by atoms with Crippen LogP contribution >= 0.6 is 0 Å². The van der Waals surface area contributed by atoms with Gasteiger partial charge in [0.25, 0.3) is 0 Å². The van der Waals surface area contributed by atoms with Gasteiger partial charge in [-0.1, -0.05) is 5.16 Å². The molecular formula is C14H18FN3O2. The quantitative estimate of drug-likeness (QED) is 0.823. The van der Waals surface area contributed by atoms with Crippen LogP contribution in [0.2, 0.25) is 0 Å². The zero-order valence-electron chi connectivity index (χ0n) is 11.7. The molecule has 5 nitrogen and oxygen atoms in total. The summed E-state index contributed by atoms with van der Waals surface area (Å²) in [6.07, 6.45) is -0.112. The van der Waals surface area contributed by atoms with Crippen molar-refractivity contribution >= 4 is 11.4 Å². The molecule has 0 unspecified atom stereocenters. The second kappa shape index (κ2) is 5.81. The molecule has 0 saturated heterocycles. The molecule has 0 radical (unpaired) electrons. The summed E-state index contributed by atoms with van der Waals surface area (Å²) < 4.78 is 24.1. The lowest BCUT2D eigenvalue weighted by atomic mass is 10.2. The van der Waals surface area contributed by atoms with E-state index < -0.39 is 5.82 Å². The Morgan fingerprint density at radius 3 is 2.75 bits per heavy atom. The van der Waals surface area contributed by atoms with Gasteiger partial charge in [0.05, 0.1) is 24.0 Å². The Bertz CT molecular complexity index is 596. The van der Waals surface area contributed by atoms with Crippen molar-refractivity contribution in [1.29, 1.82) is 0 Å². The van der Waals surface area contributed by atoms with Crippen LogP contribution in [0.5, 0.6) is 5.75 Å². The Balaban J connectivity index is 2.14. The molecule has 1 aromatic heterocycles. The molecule has 2 aromatic rings. The molecule has 0 bridgehead atoms. The lowest BCUT2D eigenvalue weighted by Gasteiger charge is -2.14. The summed E-state index contributed by atoms with van der Waals surface area (Å²) in [5.41, 5.74) is 7.45. The highest BCUT2D eigenvalue weighted by Crippen LogP contribution is 2.29. The fourth-order valence-electron chi connectivity index (χ4n) is 1.75. The standard InChI is InChI=1S/C14H18FN3O2/c1-8(2)19-14-6-13(12(16)5-11(14)15)17-7-10-4-9(3)20-18-10/h4-6,8,17H,7,16H2,1-3H3. The van der Waals surface area contributed by atoms with Crippen LogP contribution in [0, 0.1) is 12.7 Å². The molecule has 0 saturated carbocycles. The summed E-state index contributed by atoms with van der Waals surface area (Å²) in [6.45, 7) is 5.92. The third-order valence-electron chi connectivity index (χ3n) is 2.60. The second-order valence-corrected chi connectivity index (χ2v) is 4.82. The highest BCUT2D eigenvalue weighted by atomic mass is 19.1. The Hall–Kier alpha value is -2.24. The molecule has 2 rings (SSSR count). The minimum absolute atomic E-state index is 0.112. The van der Waals surface area contributed by atoms with Crippen molar-refractivity contribution in [2.45, 2.75) is 33.4 Å². The summed E-state index contributed by atoms with van der Waals surface area (Å²) in [5.74, 6) is 0.435. The van der Waals surface area contributed by atoms with Gasteiger partial charge in [-0.25, -0.2) is 4.39 Å². The fraction of sp³-hybridized carbons (Fsp3) is 0.357. The SMILES string of the molecule is Cc1cc(CNc2cc(OC(C)C)c(F)cc2N)no1. The molecule has 1 heterocycles. The van der Waals surface area contributed by atoms with Crippen LogP contribution in [0.15, 0.2) is 22.7 Å². The molecule has 108 valence electrons. The van der Waals surface area contributed by atoms with Crippen LogP contribution in [0.1, 0.15) is 25.3 Å². The maximum absolute atomic E-state index is 13.7. The highest BCUT2D eigenvalue weighted by molar-refractivity contribution is 5.68. The summed E-state index contributed by atoms with van der Waals surface area (Å²) in [4.78, 5) is 0. The van der Waals surface area contributed by atoms with E-state index in [0.29, 0.717) is 17.9 Å². The number of aryl methyl sites for hydroxylation is 1. The van der Waals surface area contributed by atoms with Crippen molar-refractivity contribution in [2.24, 2.45) is 0 Å². The minimum atomic E-state index is -0.473. The predicted octanol–water partition coefficient (Wildman–Crippen LogP) is 3.10. The van der Waals surface area contributed by atoms with Crippen molar-refractivity contribution in [3.63, 3.8) is 0 Å². The number of aromatic nitrogens is 1. The number of ether oxygens (including phenoxy) is 1. The van der Waals surface area contributed by atoms with Crippen molar-refractivity contribution < 1.29 is 13.7 Å². The van der Waals surface area contributed by atoms with E-state index in [4.69, 9.17) is 15.0 Å². The maximum atomic E-state index is 13.7. The Morgan fingerprint density at radius 1 is 1.40 bits per heavy atom. The topological polar surface area (TPSA) is 73.3 Å². The van der Waals surface area contributed by atoms with Crippen molar-refractivity contribution in [3.05, 3.63) is 35.5 Å². The van der Waals surface area contributed by atoms with E-state index in [0.717, 1.165) is 11.5 Å². The van der Waals surface area contributed by atoms with Gasteiger partial charge in [0.15, 0.2) is 11.6 Å². The van der Waals surface area contributed by atoms with Gasteiger partial charge in [-0.3, -0.25) is 0 Å². The number of halogens is 1. The van der Waals surface area contributed by atoms with Crippen molar-refractivity contribution in [3.8, 4) is 5.75 Å². The highest BCUT2D eigenvalue weighted by Gasteiger charge is 2.11. The second-order valence-electron chi connectivity index (χ2n) is 4.82. The molecule has 0 amide bonds. The number of nitrogen functional groups attached to an aromatic ring is 1. The van der Waals surface area contributed by atoms with Gasteiger partial charge in [0, 0.05) is 18.2 Å². The summed E-state index contributed by atoms with van der Waals surface area (Å²) in [6, 6.07) is 4.62. The largest absolute Gasteiger partial charge is 0.488 e. The van der Waals surface area contributed by atoms with Crippen LogP contribution in [0.25, 0.3) is 0 Å². The molecule has 0 spiro atoms. The van der Waals surface area contributed by atoms with E-state index in [-0.39, 0.29) is 11.9 Å². The Labute approximate surface area is 116 Å². The first kappa shape index (κ1) is 14.2. The van der Waals surface area contributed by atoms with E-state index in [9.17, 15) is 4.39 Å². The third kappa shape index (κ3) is 3.40. The van der Waals surface area contributed by atoms with Crippen molar-refractivity contribution in [2.75, 3.05) is 11.1 Å². The van der Waals surface area contributed by atoms with Gasteiger partial charge in [-0.2, -0.15) is 0 Å². The first-order valence-electron chi connectivity index (χ1n) is 6.37. The number of hydrogen-bond donors (Lipinski definition) is 2. The first-order valence-corrected chi connectivity index (χ1v) is 6.37. The monoisotopic (exact) mass is 279 g/mol. The molecule has 3 N–H and O–H groups in total. The zero-order valence-corrected chi connectivity index (χ0v) is 11.7. The summed E-state index contributed by atoms with van der Waals surface area (Å²) in [7, 11) is 0. The molecule has 0 aliphatic heterocycles. The fourth-order valence-corrected chi connectivity index (χ4v) is 1.75. The predicted molar refractivity (Wildman–Crippen MR) is 75.1 cm³/mol. The number of hydrogen-bond acceptors (Lipinski definition) is 5. The van der Waals surface area contributed by atoms with Crippen LogP contribution in [0.3, 0.4) is 0 Å². The number of nitrogens with zero attached hydrogens (tertiary/aromatic N) is 1. The third-order valence-corrected chi connectivity index (χ3v) is 2.60. The van der Waals surface area contributed by atoms with Gasteiger partial charge < -0.3 is 20.3 Å². The molecule has 0 fully saturated rings. The average molecular weight is 279 g/mol. The van der Waals surface area contributed by atoms with E-state index in [1.807, 2.05) is 26.8 Å². The van der Waals surface area contributed by atoms with Crippen LogP contribution in [-0.2, 0) is 6.54 Å². The normalized spacial score (nSPS) is 10.8. The maximum Gasteiger partial charge on any atom is 0.167 e. The van der Waals surface area contributed by atoms with Crippen molar-refractivity contribution in [1.82, 2.24) is 5.16 Å². The van der Waals surface area contributed by atoms with Gasteiger partial charge in [0.1, 0.15) is 11.5 Å². The number of benzene rings is 1. The smallest absolute Gasteiger partial charge is 0.167 e. The molecule has 0 aliphatic carbocycles. The number of rotatable bonds is 5. The molecule has 6 heteroatoms. The lowest BCUT2D eigenvalue weighted by molar-refractivity contribution is 0.231. The van der Waals surface area contributed by atoms with Gasteiger partial charge in [-0.05, 0) is 20.8 Å². The Morgan fingerprint density at radius 2 is 2.15 bits per heavy atom. The number of anilines is 2. The molecule has 1 aromatic carbocycles. The molecule has 20 heavy (non-hydrogen) atoms. The summed E-state index contributed by atoms with van der Waals surface area (Å²) in [5, 5.41) is 6.95. The van der Waals surface area contributed by atoms with Crippen LogP contribution in [-0.4, -0.2) is 11.3 Å². The number of nitrogens with two attached hydrogens (primary N) is 1. The molecule has 0 aliphatic rings.